The molecule has 2 aromatic carbocycles. The molecule has 0 atom stereocenters. The summed E-state index contributed by atoms with van der Waals surface area (Å²) in [6, 6.07) is 11.9. The molecule has 0 aromatic heterocycles. The second-order valence-electron chi connectivity index (χ2n) is 6.54. The second-order valence-corrected chi connectivity index (χ2v) is 6.54. The first-order valence-corrected chi connectivity index (χ1v) is 9.73. The first kappa shape index (κ1) is 26.6. The van der Waals surface area contributed by atoms with Gasteiger partial charge in [0.1, 0.15) is 18.2 Å². The summed E-state index contributed by atoms with van der Waals surface area (Å²) in [6.45, 7) is 4.28. The average Bonchev–Trinajstić information content (AvgIpc) is 2.74. The molecule has 2 rings (SSSR count). The molecule has 9 heteroatoms. The fraction of sp³-hybridized carbons (Fsp3) is 0.364. The van der Waals surface area contributed by atoms with Crippen LogP contribution in [0.3, 0.4) is 0 Å². The molecule has 0 bridgehead atoms. The van der Waals surface area contributed by atoms with Crippen molar-refractivity contribution in [1.29, 1.82) is 0 Å². The lowest BCUT2D eigenvalue weighted by Crippen LogP contribution is -2.41. The zero-order chi connectivity index (χ0) is 21.8. The number of benzene rings is 2. The summed E-state index contributed by atoms with van der Waals surface area (Å²) in [7, 11) is 3.30. The Morgan fingerprint density at radius 3 is 2.52 bits per heavy atom. The Hall–Kier alpha value is -2.40. The molecule has 170 valence electrons. The number of carbonyl (C=O) groups is 1. The lowest BCUT2D eigenvalue weighted by atomic mass is 10.1. The van der Waals surface area contributed by atoms with Gasteiger partial charge >= 0.3 is 0 Å². The van der Waals surface area contributed by atoms with Gasteiger partial charge < -0.3 is 25.4 Å². The number of nitrogens with one attached hydrogen (secondary N) is 3. The minimum Gasteiger partial charge on any atom is -0.491 e. The molecule has 3 N–H and O–H groups in total. The average molecular weight is 544 g/mol. The van der Waals surface area contributed by atoms with Crippen molar-refractivity contribution in [3.05, 3.63) is 65.0 Å². The number of guanidine groups is 1. The third-order valence-corrected chi connectivity index (χ3v) is 4.26. The smallest absolute Gasteiger partial charge is 0.254 e. The molecule has 0 saturated carbocycles. The van der Waals surface area contributed by atoms with Crippen LogP contribution in [-0.2, 0) is 11.3 Å². The molecule has 7 nitrogen and oxygen atoms in total. The van der Waals surface area contributed by atoms with E-state index in [0.717, 1.165) is 16.9 Å². The molecule has 0 saturated heterocycles. The van der Waals surface area contributed by atoms with E-state index in [0.29, 0.717) is 38.8 Å². The van der Waals surface area contributed by atoms with Crippen molar-refractivity contribution < 1.29 is 18.7 Å². The van der Waals surface area contributed by atoms with Crippen molar-refractivity contribution in [2.75, 3.05) is 40.5 Å². The lowest BCUT2D eigenvalue weighted by Gasteiger charge is -2.15. The fourth-order valence-electron chi connectivity index (χ4n) is 2.67. The number of aryl methyl sites for hydroxylation is 1. The molecule has 0 aliphatic heterocycles. The third kappa shape index (κ3) is 9.09. The van der Waals surface area contributed by atoms with Crippen LogP contribution in [0.1, 0.15) is 21.5 Å². The van der Waals surface area contributed by atoms with Gasteiger partial charge in [0.25, 0.3) is 5.91 Å². The van der Waals surface area contributed by atoms with Crippen LogP contribution in [0.4, 0.5) is 4.39 Å². The Morgan fingerprint density at radius 1 is 1.06 bits per heavy atom. The predicted molar refractivity (Wildman–Crippen MR) is 131 cm³/mol. The largest absolute Gasteiger partial charge is 0.491 e. The van der Waals surface area contributed by atoms with E-state index >= 15 is 0 Å². The van der Waals surface area contributed by atoms with Gasteiger partial charge in [0.2, 0.25) is 0 Å². The van der Waals surface area contributed by atoms with Gasteiger partial charge in [-0.25, -0.2) is 4.39 Å². The zero-order valence-electron chi connectivity index (χ0n) is 18.0. The summed E-state index contributed by atoms with van der Waals surface area (Å²) in [4.78, 5) is 16.2. The minimum atomic E-state index is -0.540. The number of hydrogen-bond acceptors (Lipinski definition) is 4. The van der Waals surface area contributed by atoms with E-state index in [9.17, 15) is 9.18 Å². The number of ether oxygens (including phenoxy) is 2. The highest BCUT2D eigenvalue weighted by molar-refractivity contribution is 14.0. The van der Waals surface area contributed by atoms with Crippen LogP contribution in [0, 0.1) is 12.7 Å². The molecule has 0 aliphatic rings. The predicted octanol–water partition coefficient (Wildman–Crippen LogP) is 2.87. The number of amides is 1. The quantitative estimate of drug-likeness (QED) is 0.186. The molecule has 0 heterocycles. The maximum absolute atomic E-state index is 13.6. The van der Waals surface area contributed by atoms with Crippen LogP contribution in [0.15, 0.2) is 47.5 Å². The van der Waals surface area contributed by atoms with Crippen LogP contribution in [-0.4, -0.2) is 52.3 Å². The number of halogens is 2. The topological polar surface area (TPSA) is 84.0 Å². The van der Waals surface area contributed by atoms with Gasteiger partial charge in [-0.15, -0.1) is 24.0 Å². The van der Waals surface area contributed by atoms with Crippen LogP contribution in [0.5, 0.6) is 5.75 Å². The molecular formula is C22H30FIN4O3. The standard InChI is InChI=1S/C22H29FN4O3.HI/c1-16-8-9-17(20(14-16)30-13-12-29-3)15-27-22(24-2)26-11-10-25-21(28)18-6-4-5-7-19(18)23;/h4-9,14H,10-13,15H2,1-3H3,(H,25,28)(H2,24,26,27);1H. The van der Waals surface area contributed by atoms with E-state index < -0.39 is 11.7 Å². The van der Waals surface area contributed by atoms with Crippen molar-refractivity contribution in [1.82, 2.24) is 16.0 Å². The molecule has 31 heavy (non-hydrogen) atoms. The fourth-order valence-corrected chi connectivity index (χ4v) is 2.67. The number of methoxy groups -OCH3 is 1. The maximum Gasteiger partial charge on any atom is 0.254 e. The van der Waals surface area contributed by atoms with Crippen LogP contribution >= 0.6 is 24.0 Å². The lowest BCUT2D eigenvalue weighted by molar-refractivity contribution is 0.0950. The SMILES string of the molecule is CN=C(NCCNC(=O)c1ccccc1F)NCc1ccc(C)cc1OCCOC.I. The molecule has 0 fully saturated rings. The molecule has 0 aliphatic carbocycles. The van der Waals surface area contributed by atoms with Crippen molar-refractivity contribution in [2.24, 2.45) is 4.99 Å². The monoisotopic (exact) mass is 544 g/mol. The highest BCUT2D eigenvalue weighted by Gasteiger charge is 2.10. The Morgan fingerprint density at radius 2 is 1.81 bits per heavy atom. The van der Waals surface area contributed by atoms with E-state index in [2.05, 4.69) is 20.9 Å². The highest BCUT2D eigenvalue weighted by Crippen LogP contribution is 2.20. The summed E-state index contributed by atoms with van der Waals surface area (Å²) in [6.07, 6.45) is 0. The van der Waals surface area contributed by atoms with Gasteiger partial charge in [-0.3, -0.25) is 9.79 Å². The van der Waals surface area contributed by atoms with Gasteiger partial charge in [-0.1, -0.05) is 24.3 Å². The zero-order valence-corrected chi connectivity index (χ0v) is 20.4. The van der Waals surface area contributed by atoms with Gasteiger partial charge in [0, 0.05) is 39.4 Å². The molecule has 0 spiro atoms. The third-order valence-electron chi connectivity index (χ3n) is 4.26. The van der Waals surface area contributed by atoms with Gasteiger partial charge in [-0.05, 0) is 30.7 Å². The maximum atomic E-state index is 13.6. The van der Waals surface area contributed by atoms with Crippen molar-refractivity contribution in [2.45, 2.75) is 13.5 Å². The van der Waals surface area contributed by atoms with E-state index in [1.54, 1.807) is 26.3 Å². The molecule has 0 unspecified atom stereocenters. The number of rotatable bonds is 10. The van der Waals surface area contributed by atoms with Gasteiger partial charge in [0.05, 0.1) is 12.2 Å². The molecular weight excluding hydrogens is 514 g/mol. The second kappa shape index (κ2) is 14.6. The highest BCUT2D eigenvalue weighted by atomic mass is 127. The van der Waals surface area contributed by atoms with Crippen LogP contribution in [0.25, 0.3) is 0 Å². The van der Waals surface area contributed by atoms with Crippen molar-refractivity contribution in [3.8, 4) is 5.75 Å². The molecule has 2 aromatic rings. The normalized spacial score (nSPS) is 10.8. The Labute approximate surface area is 199 Å². The first-order valence-electron chi connectivity index (χ1n) is 9.73. The Balaban J connectivity index is 0.00000480. The van der Waals surface area contributed by atoms with E-state index in [1.165, 1.54) is 12.1 Å². The van der Waals surface area contributed by atoms with Gasteiger partial charge in [-0.2, -0.15) is 0 Å². The van der Waals surface area contributed by atoms with E-state index in [-0.39, 0.29) is 29.5 Å². The Kier molecular flexibility index (Phi) is 12.5. The Bertz CT molecular complexity index is 864. The summed E-state index contributed by atoms with van der Waals surface area (Å²) >= 11 is 0. The van der Waals surface area contributed by atoms with Crippen molar-refractivity contribution in [3.63, 3.8) is 0 Å². The summed E-state index contributed by atoms with van der Waals surface area (Å²) in [5.41, 5.74) is 2.13. The van der Waals surface area contributed by atoms with Crippen molar-refractivity contribution >= 4 is 35.8 Å². The number of nitrogens with zero attached hydrogens (tertiary/aromatic N) is 1. The number of aliphatic imine (C=N–C) groups is 1. The molecule has 0 radical (unpaired) electrons. The first-order chi connectivity index (χ1) is 14.5. The van der Waals surface area contributed by atoms with Gasteiger partial charge in [0.15, 0.2) is 5.96 Å². The number of carbonyl (C=O) groups excluding carboxylic acids is 1. The van der Waals surface area contributed by atoms with E-state index in [1.807, 2.05) is 25.1 Å². The number of hydrogen-bond donors (Lipinski definition) is 3. The summed E-state index contributed by atoms with van der Waals surface area (Å²) in [5.74, 6) is 0.392. The van der Waals surface area contributed by atoms with Crippen LogP contribution in [0.2, 0.25) is 0 Å². The summed E-state index contributed by atoms with van der Waals surface area (Å²) < 4.78 is 24.5. The van der Waals surface area contributed by atoms with E-state index in [4.69, 9.17) is 9.47 Å². The minimum absolute atomic E-state index is 0. The summed E-state index contributed by atoms with van der Waals surface area (Å²) in [5, 5.41) is 9.01. The molecule has 1 amide bonds. The van der Waals surface area contributed by atoms with Crippen LogP contribution < -0.4 is 20.7 Å².